The van der Waals surface area contributed by atoms with E-state index in [4.69, 9.17) is 11.6 Å². The lowest BCUT2D eigenvalue weighted by molar-refractivity contribution is -0.121. The van der Waals surface area contributed by atoms with Crippen LogP contribution in [0.4, 0.5) is 15.8 Å². The molecule has 11 heteroatoms. The van der Waals surface area contributed by atoms with Crippen LogP contribution in [-0.4, -0.2) is 57.3 Å². The molecule has 2 aromatic carbocycles. The number of nitrogens with one attached hydrogen (secondary N) is 2. The first-order valence-electron chi connectivity index (χ1n) is 10.6. The summed E-state index contributed by atoms with van der Waals surface area (Å²) in [4.78, 5) is 25.9. The fourth-order valence-electron chi connectivity index (χ4n) is 4.08. The molecule has 2 N–H and O–H groups in total. The van der Waals surface area contributed by atoms with Gasteiger partial charge in [-0.1, -0.05) is 23.7 Å². The van der Waals surface area contributed by atoms with Gasteiger partial charge >= 0.3 is 0 Å². The summed E-state index contributed by atoms with van der Waals surface area (Å²) >= 11 is 6.39. The number of anilines is 2. The molecular formula is C22H24ClFN4O4S. The Kier molecular flexibility index (Phi) is 6.87. The summed E-state index contributed by atoms with van der Waals surface area (Å²) in [5.41, 5.74) is 1.24. The molecule has 2 heterocycles. The maximum absolute atomic E-state index is 14.0. The summed E-state index contributed by atoms with van der Waals surface area (Å²) in [5, 5.41) is 6.02. The maximum atomic E-state index is 14.0. The van der Waals surface area contributed by atoms with E-state index in [1.54, 1.807) is 18.2 Å². The van der Waals surface area contributed by atoms with E-state index in [0.29, 0.717) is 36.6 Å². The van der Waals surface area contributed by atoms with Crippen molar-refractivity contribution in [1.82, 2.24) is 9.62 Å². The Balaban J connectivity index is 1.36. The molecule has 0 unspecified atom stereocenters. The van der Waals surface area contributed by atoms with Crippen molar-refractivity contribution in [2.24, 2.45) is 5.92 Å². The minimum Gasteiger partial charge on any atom is -0.359 e. The number of amides is 2. The number of nitrogens with zero attached hydrogens (tertiary/aromatic N) is 2. The third-order valence-corrected chi connectivity index (χ3v) is 8.11. The molecule has 2 fully saturated rings. The molecule has 0 saturated carbocycles. The molecule has 0 aromatic heterocycles. The molecule has 0 radical (unpaired) electrons. The largest absolute Gasteiger partial charge is 0.359 e. The van der Waals surface area contributed by atoms with Crippen molar-refractivity contribution in [1.29, 1.82) is 0 Å². The Morgan fingerprint density at radius 1 is 1.12 bits per heavy atom. The average Bonchev–Trinajstić information content (AvgIpc) is 2.79. The number of hydrogen-bond acceptors (Lipinski definition) is 5. The normalized spacial score (nSPS) is 18.1. The van der Waals surface area contributed by atoms with Crippen molar-refractivity contribution in [3.05, 3.63) is 53.3 Å². The summed E-state index contributed by atoms with van der Waals surface area (Å²) in [5.74, 6) is -1.46. The molecule has 0 atom stereocenters. The van der Waals surface area contributed by atoms with Gasteiger partial charge in [0.1, 0.15) is 10.7 Å². The zero-order valence-electron chi connectivity index (χ0n) is 17.8. The highest BCUT2D eigenvalue weighted by Crippen LogP contribution is 2.30. The van der Waals surface area contributed by atoms with E-state index in [-0.39, 0.29) is 42.3 Å². The number of benzene rings is 2. The zero-order chi connectivity index (χ0) is 23.6. The molecule has 2 amide bonds. The highest BCUT2D eigenvalue weighted by Gasteiger charge is 2.33. The molecule has 176 valence electrons. The molecule has 0 aliphatic carbocycles. The molecule has 4 rings (SSSR count). The highest BCUT2D eigenvalue weighted by molar-refractivity contribution is 7.89. The van der Waals surface area contributed by atoms with Gasteiger partial charge in [-0.25, -0.2) is 12.8 Å². The topological polar surface area (TPSA) is 98.8 Å². The molecule has 0 spiro atoms. The number of halogens is 2. The van der Waals surface area contributed by atoms with Crippen molar-refractivity contribution in [3.63, 3.8) is 0 Å². The second-order valence-electron chi connectivity index (χ2n) is 8.04. The summed E-state index contributed by atoms with van der Waals surface area (Å²) < 4.78 is 40.7. The predicted octanol–water partition coefficient (Wildman–Crippen LogP) is 2.45. The van der Waals surface area contributed by atoms with E-state index in [1.165, 1.54) is 22.5 Å². The third-order valence-electron chi connectivity index (χ3n) is 5.87. The second kappa shape index (κ2) is 9.66. The van der Waals surface area contributed by atoms with E-state index < -0.39 is 15.8 Å². The highest BCUT2D eigenvalue weighted by atomic mass is 35.5. The van der Waals surface area contributed by atoms with Crippen molar-refractivity contribution in [3.8, 4) is 0 Å². The van der Waals surface area contributed by atoms with Crippen LogP contribution in [0.2, 0.25) is 5.02 Å². The number of piperazine rings is 1. The van der Waals surface area contributed by atoms with E-state index in [1.807, 2.05) is 4.90 Å². The lowest BCUT2D eigenvalue weighted by Gasteiger charge is -2.31. The number of carbonyl (C=O) groups is 2. The van der Waals surface area contributed by atoms with E-state index in [0.717, 1.165) is 11.8 Å². The standard InChI is InChI=1S/C22H24ClFN4O4S/c23-17-13-16(5-6-19(17)27-12-9-25-21(29)14-27)26-22(30)15-7-10-28(11-8-15)33(31,32)20-4-2-1-3-18(20)24/h1-6,13,15H,7-12,14H2,(H,25,29)(H,26,30). The quantitative estimate of drug-likeness (QED) is 0.665. The number of piperidine rings is 1. The van der Waals surface area contributed by atoms with Crippen LogP contribution in [0.5, 0.6) is 0 Å². The molecule has 33 heavy (non-hydrogen) atoms. The van der Waals surface area contributed by atoms with E-state index in [9.17, 15) is 22.4 Å². The molecule has 8 nitrogen and oxygen atoms in total. The van der Waals surface area contributed by atoms with Crippen molar-refractivity contribution >= 4 is 44.8 Å². The van der Waals surface area contributed by atoms with Crippen LogP contribution in [0, 0.1) is 11.7 Å². The first kappa shape index (κ1) is 23.5. The van der Waals surface area contributed by atoms with Gasteiger partial charge < -0.3 is 15.5 Å². The zero-order valence-corrected chi connectivity index (χ0v) is 19.3. The van der Waals surface area contributed by atoms with E-state index >= 15 is 0 Å². The molecular weight excluding hydrogens is 471 g/mol. The van der Waals surface area contributed by atoms with Crippen molar-refractivity contribution < 1.29 is 22.4 Å². The Labute approximate surface area is 196 Å². The van der Waals surface area contributed by atoms with Crippen molar-refractivity contribution in [2.45, 2.75) is 17.7 Å². The molecule has 2 saturated heterocycles. The summed E-state index contributed by atoms with van der Waals surface area (Å²) in [6.07, 6.45) is 0.655. The number of sulfonamides is 1. The summed E-state index contributed by atoms with van der Waals surface area (Å²) in [6, 6.07) is 10.4. The molecule has 2 aliphatic rings. The van der Waals surface area contributed by atoms with E-state index in [2.05, 4.69) is 10.6 Å². The Morgan fingerprint density at radius 2 is 1.85 bits per heavy atom. The van der Waals surface area contributed by atoms with Crippen molar-refractivity contribution in [2.75, 3.05) is 42.9 Å². The second-order valence-corrected chi connectivity index (χ2v) is 10.3. The van der Waals surface area contributed by atoms with Crippen LogP contribution in [0.1, 0.15) is 12.8 Å². The minimum atomic E-state index is -3.95. The van der Waals surface area contributed by atoms with Crippen LogP contribution in [0.15, 0.2) is 47.4 Å². The SMILES string of the molecule is O=C1CN(c2ccc(NC(=O)C3CCN(S(=O)(=O)c4ccccc4F)CC3)cc2Cl)CCN1. The van der Waals surface area contributed by atoms with Gasteiger partial charge in [-0.05, 0) is 43.2 Å². The van der Waals surface area contributed by atoms with Crippen LogP contribution in [0.25, 0.3) is 0 Å². The van der Waals surface area contributed by atoms with Gasteiger partial charge in [-0.15, -0.1) is 0 Å². The average molecular weight is 495 g/mol. The van der Waals surface area contributed by atoms with Gasteiger partial charge in [0.15, 0.2) is 0 Å². The summed E-state index contributed by atoms with van der Waals surface area (Å²) in [7, 11) is -3.95. The lowest BCUT2D eigenvalue weighted by atomic mass is 9.97. The first-order valence-corrected chi connectivity index (χ1v) is 12.4. The predicted molar refractivity (Wildman–Crippen MR) is 123 cm³/mol. The van der Waals surface area contributed by atoms with Gasteiger partial charge in [0.2, 0.25) is 21.8 Å². The number of hydrogen-bond donors (Lipinski definition) is 2. The van der Waals surface area contributed by atoms with Crippen LogP contribution in [-0.2, 0) is 19.6 Å². The Bertz CT molecular complexity index is 1170. The lowest BCUT2D eigenvalue weighted by Crippen LogP contribution is -2.47. The molecule has 2 aliphatic heterocycles. The number of rotatable bonds is 5. The van der Waals surface area contributed by atoms with Crippen LogP contribution in [0.3, 0.4) is 0 Å². The Morgan fingerprint density at radius 3 is 2.52 bits per heavy atom. The van der Waals surface area contributed by atoms with Gasteiger partial charge in [-0.3, -0.25) is 9.59 Å². The summed E-state index contributed by atoms with van der Waals surface area (Å²) in [6.45, 7) is 1.67. The van der Waals surface area contributed by atoms with Crippen LogP contribution < -0.4 is 15.5 Å². The molecule has 2 aromatic rings. The maximum Gasteiger partial charge on any atom is 0.245 e. The monoisotopic (exact) mass is 494 g/mol. The van der Waals surface area contributed by atoms with Gasteiger partial charge in [0.05, 0.1) is 17.3 Å². The van der Waals surface area contributed by atoms with Gasteiger partial charge in [0, 0.05) is 37.8 Å². The number of carbonyl (C=O) groups excluding carboxylic acids is 2. The smallest absolute Gasteiger partial charge is 0.245 e. The van der Waals surface area contributed by atoms with Crippen LogP contribution >= 0.6 is 11.6 Å². The van der Waals surface area contributed by atoms with Gasteiger partial charge in [-0.2, -0.15) is 4.31 Å². The minimum absolute atomic E-state index is 0.0712. The Hall–Kier alpha value is -2.69. The van der Waals surface area contributed by atoms with Gasteiger partial charge in [0.25, 0.3) is 0 Å². The first-order chi connectivity index (χ1) is 15.8. The fraction of sp³-hybridized carbons (Fsp3) is 0.364. The molecule has 0 bridgehead atoms. The fourth-order valence-corrected chi connectivity index (χ4v) is 5.92. The third kappa shape index (κ3) is 5.13.